The molecule has 6 nitrogen and oxygen atoms in total. The normalized spacial score (nSPS) is 9.15. The fourth-order valence-electron chi connectivity index (χ4n) is 1.19. The minimum atomic E-state index is -1.78. The molecule has 1 rings (SSSR count). The Kier molecular flexibility index (Phi) is 5.78. The van der Waals surface area contributed by atoms with Gasteiger partial charge in [0.15, 0.2) is 0 Å². The SMILES string of the molecule is COC(=O)C(OC(=O)C#Cc1ccccc1)C(=O)OC. The Morgan fingerprint density at radius 1 is 1.00 bits per heavy atom. The summed E-state index contributed by atoms with van der Waals surface area (Å²) < 4.78 is 13.3. The lowest BCUT2D eigenvalue weighted by molar-refractivity contribution is -0.175. The molecule has 0 spiro atoms. The van der Waals surface area contributed by atoms with Gasteiger partial charge in [-0.1, -0.05) is 24.1 Å². The molecule has 104 valence electrons. The highest BCUT2D eigenvalue weighted by Gasteiger charge is 2.32. The van der Waals surface area contributed by atoms with Crippen LogP contribution in [-0.2, 0) is 28.6 Å². The molecule has 0 radical (unpaired) electrons. The van der Waals surface area contributed by atoms with Crippen LogP contribution in [0.2, 0.25) is 0 Å². The number of esters is 3. The van der Waals surface area contributed by atoms with E-state index in [1.165, 1.54) is 0 Å². The van der Waals surface area contributed by atoms with Crippen molar-refractivity contribution in [2.45, 2.75) is 6.10 Å². The van der Waals surface area contributed by atoms with Crippen LogP contribution >= 0.6 is 0 Å². The monoisotopic (exact) mass is 276 g/mol. The van der Waals surface area contributed by atoms with Crippen LogP contribution in [0.25, 0.3) is 0 Å². The third kappa shape index (κ3) is 4.46. The van der Waals surface area contributed by atoms with E-state index in [0.29, 0.717) is 5.56 Å². The molecular formula is C14H12O6. The van der Waals surface area contributed by atoms with E-state index in [9.17, 15) is 14.4 Å². The molecule has 20 heavy (non-hydrogen) atoms. The average molecular weight is 276 g/mol. The van der Waals surface area contributed by atoms with Crippen LogP contribution in [0.3, 0.4) is 0 Å². The van der Waals surface area contributed by atoms with Crippen molar-refractivity contribution in [1.82, 2.24) is 0 Å². The molecule has 0 unspecified atom stereocenters. The summed E-state index contributed by atoms with van der Waals surface area (Å²) in [5.41, 5.74) is 0.595. The summed E-state index contributed by atoms with van der Waals surface area (Å²) in [6.07, 6.45) is -1.78. The van der Waals surface area contributed by atoms with Crippen LogP contribution < -0.4 is 0 Å². The number of hydrogen-bond donors (Lipinski definition) is 0. The van der Waals surface area contributed by atoms with E-state index >= 15 is 0 Å². The molecule has 0 N–H and O–H groups in total. The molecule has 0 fully saturated rings. The lowest BCUT2D eigenvalue weighted by Gasteiger charge is -2.11. The second-order valence-electron chi connectivity index (χ2n) is 3.45. The molecule has 0 aromatic heterocycles. The highest BCUT2D eigenvalue weighted by Crippen LogP contribution is 2.00. The van der Waals surface area contributed by atoms with Crippen LogP contribution in [0, 0.1) is 11.8 Å². The molecule has 0 amide bonds. The van der Waals surface area contributed by atoms with Crippen molar-refractivity contribution in [2.24, 2.45) is 0 Å². The van der Waals surface area contributed by atoms with Crippen LogP contribution in [0.5, 0.6) is 0 Å². The van der Waals surface area contributed by atoms with E-state index < -0.39 is 24.0 Å². The van der Waals surface area contributed by atoms with Gasteiger partial charge in [0, 0.05) is 11.5 Å². The van der Waals surface area contributed by atoms with Gasteiger partial charge >= 0.3 is 17.9 Å². The maximum Gasteiger partial charge on any atom is 0.386 e. The maximum atomic E-state index is 11.5. The molecule has 0 heterocycles. The molecule has 0 aliphatic heterocycles. The van der Waals surface area contributed by atoms with E-state index in [0.717, 1.165) is 14.2 Å². The molecule has 1 aromatic carbocycles. The third-order valence-electron chi connectivity index (χ3n) is 2.14. The van der Waals surface area contributed by atoms with Gasteiger partial charge in [0.05, 0.1) is 14.2 Å². The van der Waals surface area contributed by atoms with Crippen LogP contribution in [-0.4, -0.2) is 38.2 Å². The van der Waals surface area contributed by atoms with Crippen LogP contribution in [0.4, 0.5) is 0 Å². The summed E-state index contributed by atoms with van der Waals surface area (Å²) in [6, 6.07) is 8.69. The van der Waals surface area contributed by atoms with Crippen molar-refractivity contribution in [1.29, 1.82) is 0 Å². The molecule has 1 aromatic rings. The van der Waals surface area contributed by atoms with Crippen molar-refractivity contribution in [2.75, 3.05) is 14.2 Å². The van der Waals surface area contributed by atoms with E-state index in [1.807, 2.05) is 0 Å². The van der Waals surface area contributed by atoms with Gasteiger partial charge in [-0.3, -0.25) is 0 Å². The summed E-state index contributed by atoms with van der Waals surface area (Å²) in [7, 11) is 2.11. The average Bonchev–Trinajstić information content (AvgIpc) is 2.50. The highest BCUT2D eigenvalue weighted by molar-refractivity contribution is 6.01. The van der Waals surface area contributed by atoms with E-state index in [1.54, 1.807) is 30.3 Å². The predicted molar refractivity (Wildman–Crippen MR) is 67.2 cm³/mol. The lowest BCUT2D eigenvalue weighted by atomic mass is 10.2. The van der Waals surface area contributed by atoms with E-state index in [4.69, 9.17) is 0 Å². The van der Waals surface area contributed by atoms with Gasteiger partial charge in [0.25, 0.3) is 6.10 Å². The zero-order valence-corrected chi connectivity index (χ0v) is 10.9. The molecule has 6 heteroatoms. The second kappa shape index (κ2) is 7.59. The van der Waals surface area contributed by atoms with Gasteiger partial charge in [0.2, 0.25) is 0 Å². The van der Waals surface area contributed by atoms with Crippen molar-refractivity contribution < 1.29 is 28.6 Å². The van der Waals surface area contributed by atoms with Crippen LogP contribution in [0.1, 0.15) is 5.56 Å². The van der Waals surface area contributed by atoms with Gasteiger partial charge in [-0.25, -0.2) is 14.4 Å². The Morgan fingerprint density at radius 2 is 1.55 bits per heavy atom. The fourth-order valence-corrected chi connectivity index (χ4v) is 1.19. The first-order valence-corrected chi connectivity index (χ1v) is 5.51. The van der Waals surface area contributed by atoms with E-state index in [-0.39, 0.29) is 0 Å². The van der Waals surface area contributed by atoms with E-state index in [2.05, 4.69) is 26.1 Å². The van der Waals surface area contributed by atoms with Gasteiger partial charge in [-0.2, -0.15) is 0 Å². The second-order valence-corrected chi connectivity index (χ2v) is 3.45. The molecule has 0 saturated heterocycles. The number of rotatable bonds is 3. The molecular weight excluding hydrogens is 264 g/mol. The standard InChI is InChI=1S/C14H12O6/c1-18-13(16)12(14(17)19-2)20-11(15)9-8-10-6-4-3-5-7-10/h3-7,12H,1-2H3. The quantitative estimate of drug-likeness (QED) is 0.342. The first kappa shape index (κ1) is 15.2. The first-order chi connectivity index (χ1) is 9.58. The van der Waals surface area contributed by atoms with Crippen molar-refractivity contribution in [3.8, 4) is 11.8 Å². The molecule has 0 bridgehead atoms. The Bertz CT molecular complexity index is 536. The molecule has 0 aliphatic rings. The Labute approximate surface area is 115 Å². The summed E-state index contributed by atoms with van der Waals surface area (Å²) in [5.74, 6) is 1.59. The van der Waals surface area contributed by atoms with Crippen molar-refractivity contribution >= 4 is 17.9 Å². The topological polar surface area (TPSA) is 78.9 Å². The van der Waals surface area contributed by atoms with Gasteiger partial charge in [0.1, 0.15) is 0 Å². The fraction of sp³-hybridized carbons (Fsp3) is 0.214. The van der Waals surface area contributed by atoms with Gasteiger partial charge in [-0.05, 0) is 12.1 Å². The van der Waals surface area contributed by atoms with Crippen molar-refractivity contribution in [3.63, 3.8) is 0 Å². The zero-order chi connectivity index (χ0) is 15.0. The maximum absolute atomic E-state index is 11.5. The smallest absolute Gasteiger partial charge is 0.386 e. The largest absolute Gasteiger partial charge is 0.466 e. The van der Waals surface area contributed by atoms with Crippen molar-refractivity contribution in [3.05, 3.63) is 35.9 Å². The molecule has 0 saturated carbocycles. The summed E-state index contributed by atoms with van der Waals surface area (Å²) in [4.78, 5) is 34.0. The van der Waals surface area contributed by atoms with Crippen LogP contribution in [0.15, 0.2) is 30.3 Å². The number of methoxy groups -OCH3 is 2. The first-order valence-electron chi connectivity index (χ1n) is 5.51. The summed E-state index contributed by atoms with van der Waals surface area (Å²) >= 11 is 0. The molecule has 0 aliphatic carbocycles. The zero-order valence-electron chi connectivity index (χ0n) is 10.9. The number of carbonyl (C=O) groups is 3. The highest BCUT2D eigenvalue weighted by atomic mass is 16.6. The Morgan fingerprint density at radius 3 is 2.05 bits per heavy atom. The number of benzene rings is 1. The summed E-state index contributed by atoms with van der Waals surface area (Å²) in [5, 5.41) is 0. The number of carbonyl (C=O) groups excluding carboxylic acids is 3. The minimum Gasteiger partial charge on any atom is -0.466 e. The van der Waals surface area contributed by atoms with Gasteiger partial charge < -0.3 is 14.2 Å². The Balaban J connectivity index is 2.75. The predicted octanol–water partition coefficient (Wildman–Crippen LogP) is 0.296. The Hall–Kier alpha value is -2.81. The van der Waals surface area contributed by atoms with Gasteiger partial charge in [-0.15, -0.1) is 0 Å². The third-order valence-corrected chi connectivity index (χ3v) is 2.14. The molecule has 0 atom stereocenters. The number of hydrogen-bond acceptors (Lipinski definition) is 6. The minimum absolute atomic E-state index is 0.595. The number of ether oxygens (including phenoxy) is 3. The lowest BCUT2D eigenvalue weighted by Crippen LogP contribution is -2.36. The summed E-state index contributed by atoms with van der Waals surface area (Å²) in [6.45, 7) is 0.